The summed E-state index contributed by atoms with van der Waals surface area (Å²) in [5, 5.41) is 8.82. The largest absolute Gasteiger partial charge is 0.481 e. The van der Waals surface area contributed by atoms with Crippen LogP contribution in [-0.4, -0.2) is 34.5 Å². The third-order valence-electron chi connectivity index (χ3n) is 3.80. The van der Waals surface area contributed by atoms with Crippen molar-refractivity contribution in [3.05, 3.63) is 0 Å². The minimum absolute atomic E-state index is 0.0728. The summed E-state index contributed by atoms with van der Waals surface area (Å²) in [6.07, 6.45) is 2.57. The van der Waals surface area contributed by atoms with Crippen LogP contribution in [0.2, 0.25) is 0 Å². The Balaban J connectivity index is 1.98. The van der Waals surface area contributed by atoms with Crippen LogP contribution in [0.3, 0.4) is 0 Å². The maximum absolute atomic E-state index is 12.1. The van der Waals surface area contributed by atoms with Crippen molar-refractivity contribution < 1.29 is 14.7 Å². The molecule has 4 heteroatoms. The highest BCUT2D eigenvalue weighted by atomic mass is 16.4. The fourth-order valence-corrected chi connectivity index (χ4v) is 2.76. The lowest BCUT2D eigenvalue weighted by atomic mass is 10.1. The van der Waals surface area contributed by atoms with Gasteiger partial charge in [-0.1, -0.05) is 13.8 Å². The van der Waals surface area contributed by atoms with Gasteiger partial charge in [0.2, 0.25) is 5.91 Å². The summed E-state index contributed by atoms with van der Waals surface area (Å²) in [6.45, 7) is 5.04. The van der Waals surface area contributed by atoms with Crippen LogP contribution >= 0.6 is 0 Å². The van der Waals surface area contributed by atoms with E-state index in [1.165, 1.54) is 0 Å². The van der Waals surface area contributed by atoms with Gasteiger partial charge in [-0.2, -0.15) is 0 Å². The normalized spacial score (nSPS) is 37.5. The van der Waals surface area contributed by atoms with E-state index in [9.17, 15) is 9.59 Å². The summed E-state index contributed by atoms with van der Waals surface area (Å²) < 4.78 is 0. The van der Waals surface area contributed by atoms with Crippen LogP contribution in [0.25, 0.3) is 0 Å². The van der Waals surface area contributed by atoms with Gasteiger partial charge in [-0.25, -0.2) is 0 Å². The van der Waals surface area contributed by atoms with E-state index in [1.54, 1.807) is 0 Å². The molecule has 1 aliphatic carbocycles. The lowest BCUT2D eigenvalue weighted by Gasteiger charge is -2.23. The molecule has 2 rings (SSSR count). The molecular formula is C12H19NO3. The molecule has 1 saturated heterocycles. The van der Waals surface area contributed by atoms with Crippen molar-refractivity contribution in [2.75, 3.05) is 6.54 Å². The van der Waals surface area contributed by atoms with E-state index in [-0.39, 0.29) is 11.8 Å². The highest BCUT2D eigenvalue weighted by molar-refractivity contribution is 5.89. The van der Waals surface area contributed by atoms with Crippen LogP contribution in [0.15, 0.2) is 0 Å². The quantitative estimate of drug-likeness (QED) is 0.788. The molecule has 0 aromatic heterocycles. The third-order valence-corrected chi connectivity index (χ3v) is 3.80. The number of hydrogen-bond acceptors (Lipinski definition) is 2. The van der Waals surface area contributed by atoms with E-state index in [0.717, 1.165) is 19.4 Å². The summed E-state index contributed by atoms with van der Waals surface area (Å²) >= 11 is 0. The summed E-state index contributed by atoms with van der Waals surface area (Å²) in [5.41, 5.74) is 0. The van der Waals surface area contributed by atoms with Crippen molar-refractivity contribution in [1.29, 1.82) is 0 Å². The maximum Gasteiger partial charge on any atom is 0.307 e. The molecule has 90 valence electrons. The molecule has 1 heterocycles. The number of carboxylic acid groups (broad SMARTS) is 1. The predicted molar refractivity (Wildman–Crippen MR) is 58.8 cm³/mol. The average Bonchev–Trinajstić information content (AvgIpc) is 2.95. The Morgan fingerprint density at radius 3 is 2.50 bits per heavy atom. The molecule has 0 spiro atoms. The number of carboxylic acids is 1. The van der Waals surface area contributed by atoms with Gasteiger partial charge >= 0.3 is 5.97 Å². The van der Waals surface area contributed by atoms with Crippen molar-refractivity contribution in [3.8, 4) is 0 Å². The highest BCUT2D eigenvalue weighted by Gasteiger charge is 2.51. The van der Waals surface area contributed by atoms with E-state index in [4.69, 9.17) is 5.11 Å². The van der Waals surface area contributed by atoms with Crippen LogP contribution in [0.4, 0.5) is 0 Å². The number of aliphatic carboxylic acids is 1. The first-order chi connectivity index (χ1) is 7.54. The number of carbonyl (C=O) groups is 2. The van der Waals surface area contributed by atoms with Crippen molar-refractivity contribution in [2.45, 2.75) is 39.2 Å². The van der Waals surface area contributed by atoms with Gasteiger partial charge in [-0.15, -0.1) is 0 Å². The second kappa shape index (κ2) is 4.07. The minimum atomic E-state index is -0.821. The van der Waals surface area contributed by atoms with Gasteiger partial charge in [-0.3, -0.25) is 9.59 Å². The summed E-state index contributed by atoms with van der Waals surface area (Å²) in [6, 6.07) is 0.331. The Hall–Kier alpha value is -1.06. The molecule has 1 saturated carbocycles. The van der Waals surface area contributed by atoms with Gasteiger partial charge in [0.1, 0.15) is 0 Å². The van der Waals surface area contributed by atoms with E-state index in [1.807, 2.05) is 4.90 Å². The van der Waals surface area contributed by atoms with Gasteiger partial charge in [-0.05, 0) is 25.2 Å². The second-order valence-electron chi connectivity index (χ2n) is 5.18. The van der Waals surface area contributed by atoms with Crippen molar-refractivity contribution in [1.82, 2.24) is 4.90 Å². The SMILES string of the molecule is CCC1CC(C)CN1C(=O)C1CC1C(=O)O. The molecule has 0 aromatic carbocycles. The van der Waals surface area contributed by atoms with Crippen molar-refractivity contribution in [3.63, 3.8) is 0 Å². The van der Waals surface area contributed by atoms with Gasteiger partial charge < -0.3 is 10.0 Å². The van der Waals surface area contributed by atoms with Gasteiger partial charge in [0, 0.05) is 12.6 Å². The molecule has 1 amide bonds. The predicted octanol–water partition coefficient (Wildman–Crippen LogP) is 1.35. The monoisotopic (exact) mass is 225 g/mol. The first-order valence-electron chi connectivity index (χ1n) is 6.07. The number of nitrogens with zero attached hydrogens (tertiary/aromatic N) is 1. The molecule has 4 atom stereocenters. The Morgan fingerprint density at radius 2 is 2.00 bits per heavy atom. The highest BCUT2D eigenvalue weighted by Crippen LogP contribution is 2.42. The number of carbonyl (C=O) groups excluding carboxylic acids is 1. The zero-order valence-electron chi connectivity index (χ0n) is 9.85. The zero-order chi connectivity index (χ0) is 11.9. The average molecular weight is 225 g/mol. The Bertz CT molecular complexity index is 315. The Morgan fingerprint density at radius 1 is 1.31 bits per heavy atom. The summed E-state index contributed by atoms with van der Waals surface area (Å²) in [5.74, 6) is -0.851. The lowest BCUT2D eigenvalue weighted by Crippen LogP contribution is -2.37. The molecule has 2 aliphatic rings. The standard InChI is InChI=1S/C12H19NO3/c1-3-8-4-7(2)6-13(8)11(14)9-5-10(9)12(15)16/h7-10H,3-6H2,1-2H3,(H,15,16). The molecule has 0 aromatic rings. The van der Waals surface area contributed by atoms with Crippen LogP contribution in [0.1, 0.15) is 33.1 Å². The number of amides is 1. The molecule has 4 unspecified atom stereocenters. The lowest BCUT2D eigenvalue weighted by molar-refractivity contribution is -0.142. The molecule has 0 bridgehead atoms. The van der Waals surface area contributed by atoms with E-state index >= 15 is 0 Å². The third kappa shape index (κ3) is 1.93. The van der Waals surface area contributed by atoms with Crippen molar-refractivity contribution >= 4 is 11.9 Å². The van der Waals surface area contributed by atoms with Gasteiger partial charge in [0.05, 0.1) is 11.8 Å². The van der Waals surface area contributed by atoms with Crippen LogP contribution < -0.4 is 0 Å². The molecule has 4 nitrogen and oxygen atoms in total. The van der Waals surface area contributed by atoms with E-state index < -0.39 is 11.9 Å². The van der Waals surface area contributed by atoms with Crippen LogP contribution in [-0.2, 0) is 9.59 Å². The fraction of sp³-hybridized carbons (Fsp3) is 0.833. The number of likely N-dealkylation sites (tertiary alicyclic amines) is 1. The van der Waals surface area contributed by atoms with Crippen LogP contribution in [0.5, 0.6) is 0 Å². The molecule has 1 N–H and O–H groups in total. The fourth-order valence-electron chi connectivity index (χ4n) is 2.76. The first-order valence-corrected chi connectivity index (χ1v) is 6.07. The number of hydrogen-bond donors (Lipinski definition) is 1. The summed E-state index contributed by atoms with van der Waals surface area (Å²) in [7, 11) is 0. The maximum atomic E-state index is 12.1. The number of rotatable bonds is 3. The van der Waals surface area contributed by atoms with Crippen molar-refractivity contribution in [2.24, 2.45) is 17.8 Å². The molecule has 1 aliphatic heterocycles. The van der Waals surface area contributed by atoms with Gasteiger partial charge in [0.25, 0.3) is 0 Å². The van der Waals surface area contributed by atoms with E-state index in [0.29, 0.717) is 18.4 Å². The topological polar surface area (TPSA) is 57.6 Å². The second-order valence-corrected chi connectivity index (χ2v) is 5.18. The van der Waals surface area contributed by atoms with Crippen LogP contribution in [0, 0.1) is 17.8 Å². The van der Waals surface area contributed by atoms with Gasteiger partial charge in [0.15, 0.2) is 0 Å². The molecule has 16 heavy (non-hydrogen) atoms. The first kappa shape index (κ1) is 11.4. The Kier molecular flexibility index (Phi) is 2.91. The Labute approximate surface area is 95.6 Å². The minimum Gasteiger partial charge on any atom is -0.481 e. The molecule has 0 radical (unpaired) electrons. The molecule has 2 fully saturated rings. The molecular weight excluding hydrogens is 206 g/mol. The van der Waals surface area contributed by atoms with E-state index in [2.05, 4.69) is 13.8 Å². The smallest absolute Gasteiger partial charge is 0.307 e. The zero-order valence-corrected chi connectivity index (χ0v) is 9.85. The summed E-state index contributed by atoms with van der Waals surface area (Å²) in [4.78, 5) is 24.8.